The summed E-state index contributed by atoms with van der Waals surface area (Å²) in [5.74, 6) is 0.698. The predicted molar refractivity (Wildman–Crippen MR) is 129 cm³/mol. The van der Waals surface area contributed by atoms with Gasteiger partial charge in [0.25, 0.3) is 11.2 Å². The number of nitro groups is 1. The van der Waals surface area contributed by atoms with Gasteiger partial charge in [-0.25, -0.2) is 4.79 Å². The molecule has 0 aliphatic heterocycles. The molecule has 33 heavy (non-hydrogen) atoms. The van der Waals surface area contributed by atoms with Gasteiger partial charge < -0.3 is 10.6 Å². The second-order valence-electron chi connectivity index (χ2n) is 7.97. The number of nitrogens with one attached hydrogen (secondary N) is 2. The fourth-order valence-corrected chi connectivity index (χ4v) is 3.74. The fraction of sp³-hybridized carbons (Fsp3) is 0.333. The van der Waals surface area contributed by atoms with Gasteiger partial charge >= 0.3 is 5.69 Å². The van der Waals surface area contributed by atoms with Crippen molar-refractivity contribution in [1.29, 1.82) is 0 Å². The number of non-ortho nitro benzene ring substituents is 1. The molecule has 0 radical (unpaired) electrons. The number of aromatic nitrogens is 2. The van der Waals surface area contributed by atoms with Crippen molar-refractivity contribution in [3.8, 4) is 0 Å². The molecule has 3 rings (SSSR count). The molecule has 0 aliphatic carbocycles. The maximum Gasteiger partial charge on any atom is 0.332 e. The monoisotopic (exact) mass is 451 g/mol. The summed E-state index contributed by atoms with van der Waals surface area (Å²) in [5.41, 5.74) is 1.66. The predicted octanol–water partition coefficient (Wildman–Crippen LogP) is 2.41. The average Bonchev–Trinajstić information content (AvgIpc) is 2.83. The number of benzene rings is 2. The lowest BCUT2D eigenvalue weighted by Crippen LogP contribution is -2.38. The molecule has 1 heterocycles. The number of anilines is 1. The van der Waals surface area contributed by atoms with Gasteiger partial charge in [-0.15, -0.1) is 0 Å². The van der Waals surface area contributed by atoms with Crippen LogP contribution in [0.5, 0.6) is 0 Å². The third-order valence-corrected chi connectivity index (χ3v) is 5.70. The summed E-state index contributed by atoms with van der Waals surface area (Å²) < 4.78 is 2.47. The van der Waals surface area contributed by atoms with E-state index in [-0.39, 0.29) is 27.8 Å². The molecule has 0 spiro atoms. The summed E-state index contributed by atoms with van der Waals surface area (Å²) >= 11 is 0. The van der Waals surface area contributed by atoms with Crippen molar-refractivity contribution >= 4 is 11.5 Å². The third-order valence-electron chi connectivity index (χ3n) is 5.70. The minimum Gasteiger partial charge on any atom is -0.370 e. The highest BCUT2D eigenvalue weighted by atomic mass is 16.6. The van der Waals surface area contributed by atoms with Crippen molar-refractivity contribution in [3.05, 3.63) is 103 Å². The Morgan fingerprint density at radius 1 is 0.939 bits per heavy atom. The molecule has 0 saturated heterocycles. The fourth-order valence-electron chi connectivity index (χ4n) is 3.74. The van der Waals surface area contributed by atoms with Crippen molar-refractivity contribution in [1.82, 2.24) is 14.5 Å². The molecule has 1 aromatic heterocycles. The Morgan fingerprint density at radius 2 is 1.64 bits per heavy atom. The van der Waals surface area contributed by atoms with Crippen molar-refractivity contribution in [3.63, 3.8) is 0 Å². The lowest BCUT2D eigenvalue weighted by Gasteiger charge is -2.18. The zero-order valence-corrected chi connectivity index (χ0v) is 18.9. The van der Waals surface area contributed by atoms with Crippen LogP contribution in [0.3, 0.4) is 0 Å². The molecule has 1 unspecified atom stereocenters. The van der Waals surface area contributed by atoms with Gasteiger partial charge in [0.05, 0.1) is 4.92 Å². The summed E-state index contributed by atoms with van der Waals surface area (Å²) in [6, 6.07) is 18.4. The highest BCUT2D eigenvalue weighted by Gasteiger charge is 2.14. The van der Waals surface area contributed by atoms with Gasteiger partial charge in [0.1, 0.15) is 5.82 Å². The van der Waals surface area contributed by atoms with E-state index >= 15 is 0 Å². The highest BCUT2D eigenvalue weighted by Crippen LogP contribution is 2.26. The molecule has 2 aromatic carbocycles. The van der Waals surface area contributed by atoms with E-state index in [0.29, 0.717) is 18.9 Å². The number of nitrogens with zero attached hydrogens (tertiary/aromatic N) is 3. The second-order valence-corrected chi connectivity index (χ2v) is 7.97. The van der Waals surface area contributed by atoms with Gasteiger partial charge in [-0.05, 0) is 36.4 Å². The van der Waals surface area contributed by atoms with Crippen molar-refractivity contribution in [2.75, 3.05) is 25.0 Å². The van der Waals surface area contributed by atoms with Crippen LogP contribution in [-0.2, 0) is 20.5 Å². The van der Waals surface area contributed by atoms with Crippen molar-refractivity contribution in [2.24, 2.45) is 14.1 Å². The van der Waals surface area contributed by atoms with Crippen LogP contribution in [0.2, 0.25) is 0 Å². The van der Waals surface area contributed by atoms with Crippen LogP contribution in [0.15, 0.2) is 70.3 Å². The molecule has 9 nitrogen and oxygen atoms in total. The summed E-state index contributed by atoms with van der Waals surface area (Å²) in [6.07, 6.45) is 1.70. The van der Waals surface area contributed by atoms with Crippen molar-refractivity contribution in [2.45, 2.75) is 18.8 Å². The molecule has 0 bridgehead atoms. The normalized spacial score (nSPS) is 11.8. The second kappa shape index (κ2) is 11.2. The van der Waals surface area contributed by atoms with E-state index in [1.54, 1.807) is 19.2 Å². The van der Waals surface area contributed by atoms with Crippen LogP contribution in [-0.4, -0.2) is 33.7 Å². The lowest BCUT2D eigenvalue weighted by molar-refractivity contribution is -0.384. The quantitative estimate of drug-likeness (QED) is 0.263. The first-order valence-corrected chi connectivity index (χ1v) is 10.9. The summed E-state index contributed by atoms with van der Waals surface area (Å²) in [4.78, 5) is 34.4. The zero-order chi connectivity index (χ0) is 23.8. The molecule has 0 aliphatic rings. The third kappa shape index (κ3) is 6.39. The molecule has 174 valence electrons. The Morgan fingerprint density at radius 3 is 2.30 bits per heavy atom. The van der Waals surface area contributed by atoms with Crippen LogP contribution in [0.4, 0.5) is 11.5 Å². The van der Waals surface area contributed by atoms with E-state index in [4.69, 9.17) is 0 Å². The van der Waals surface area contributed by atoms with Crippen LogP contribution >= 0.6 is 0 Å². The topological polar surface area (TPSA) is 111 Å². The number of hydrogen-bond donors (Lipinski definition) is 2. The van der Waals surface area contributed by atoms with E-state index in [2.05, 4.69) is 22.8 Å². The smallest absolute Gasteiger partial charge is 0.332 e. The van der Waals surface area contributed by atoms with Crippen LogP contribution in [0.25, 0.3) is 0 Å². The van der Waals surface area contributed by atoms with E-state index in [9.17, 15) is 19.7 Å². The first-order valence-electron chi connectivity index (χ1n) is 10.9. The Bertz CT molecular complexity index is 1190. The summed E-state index contributed by atoms with van der Waals surface area (Å²) in [5, 5.41) is 17.5. The minimum atomic E-state index is -0.386. The van der Waals surface area contributed by atoms with Gasteiger partial charge in [0, 0.05) is 45.4 Å². The van der Waals surface area contributed by atoms with E-state index in [1.165, 1.54) is 23.2 Å². The standard InChI is InChI=1S/C24H29N5O4/c1-27-22(17-23(30)28(2)24(27)31)26-15-14-25-13-12-20(16-18-6-4-3-5-7-18)19-8-10-21(11-9-19)29(32)33/h3-11,17,20,25-26H,12-16H2,1-2H3. The average molecular weight is 452 g/mol. The van der Waals surface area contributed by atoms with Gasteiger partial charge in [0.15, 0.2) is 0 Å². The molecule has 2 N–H and O–H groups in total. The molecule has 1 atom stereocenters. The molecule has 3 aromatic rings. The van der Waals surface area contributed by atoms with Crippen LogP contribution < -0.4 is 21.9 Å². The minimum absolute atomic E-state index is 0.0894. The molecule has 9 heteroatoms. The maximum atomic E-state index is 12.0. The number of hydrogen-bond acceptors (Lipinski definition) is 6. The first-order chi connectivity index (χ1) is 15.9. The highest BCUT2D eigenvalue weighted by molar-refractivity contribution is 5.35. The zero-order valence-electron chi connectivity index (χ0n) is 18.9. The number of rotatable bonds is 11. The van der Waals surface area contributed by atoms with Gasteiger partial charge in [-0.1, -0.05) is 42.5 Å². The van der Waals surface area contributed by atoms with E-state index < -0.39 is 0 Å². The maximum absolute atomic E-state index is 12.0. The Labute approximate surface area is 191 Å². The van der Waals surface area contributed by atoms with E-state index in [1.807, 2.05) is 30.3 Å². The largest absolute Gasteiger partial charge is 0.370 e. The van der Waals surface area contributed by atoms with Crippen molar-refractivity contribution < 1.29 is 4.92 Å². The van der Waals surface area contributed by atoms with Gasteiger partial charge in [-0.2, -0.15) is 0 Å². The molecule has 0 saturated carbocycles. The Kier molecular flexibility index (Phi) is 8.15. The Hall–Kier alpha value is -3.72. The summed E-state index contributed by atoms with van der Waals surface area (Å²) in [6.45, 7) is 1.97. The van der Waals surface area contributed by atoms with Crippen LogP contribution in [0, 0.1) is 10.1 Å². The van der Waals surface area contributed by atoms with Gasteiger partial charge in [-0.3, -0.25) is 24.0 Å². The molecule has 0 fully saturated rings. The Balaban J connectivity index is 1.55. The van der Waals surface area contributed by atoms with E-state index in [0.717, 1.165) is 29.5 Å². The number of nitro benzene ring substituents is 1. The molecular formula is C24H29N5O4. The molecular weight excluding hydrogens is 422 g/mol. The molecule has 0 amide bonds. The SMILES string of the molecule is Cn1c(NCCNCCC(Cc2ccccc2)c2ccc([N+](=O)[O-])cc2)cc(=O)n(C)c1=O. The van der Waals surface area contributed by atoms with Crippen LogP contribution in [0.1, 0.15) is 23.5 Å². The summed E-state index contributed by atoms with van der Waals surface area (Å²) in [7, 11) is 3.07. The first kappa shape index (κ1) is 23.9. The van der Waals surface area contributed by atoms with Gasteiger partial charge in [0.2, 0.25) is 0 Å². The lowest BCUT2D eigenvalue weighted by atomic mass is 9.89.